The Labute approximate surface area is 149 Å². The molecular weight excluding hydrogens is 340 g/mol. The fraction of sp³-hybridized carbons (Fsp3) is 0.158. The van der Waals surface area contributed by atoms with E-state index in [1.807, 2.05) is 43.4 Å². The molecular formula is C19H15ClN2OS. The van der Waals surface area contributed by atoms with Gasteiger partial charge in [0.05, 0.1) is 4.88 Å². The van der Waals surface area contributed by atoms with E-state index in [-0.39, 0.29) is 11.8 Å². The number of carbonyl (C=O) groups excluding carboxylic acids is 1. The Balaban J connectivity index is 1.83. The molecule has 0 bridgehead atoms. The molecule has 1 amide bonds. The van der Waals surface area contributed by atoms with Gasteiger partial charge < -0.3 is 4.90 Å². The van der Waals surface area contributed by atoms with Gasteiger partial charge in [-0.25, -0.2) is 0 Å². The van der Waals surface area contributed by atoms with Crippen LogP contribution in [0, 0.1) is 0 Å². The highest BCUT2D eigenvalue weighted by Gasteiger charge is 2.32. The molecule has 1 aromatic carbocycles. The zero-order chi connectivity index (χ0) is 16.7. The number of thiophene rings is 1. The summed E-state index contributed by atoms with van der Waals surface area (Å²) in [6.45, 7) is 0.681. The number of carbonyl (C=O) groups is 1. The third kappa shape index (κ3) is 2.62. The Hall–Kier alpha value is -2.17. The third-order valence-electron chi connectivity index (χ3n) is 4.37. The summed E-state index contributed by atoms with van der Waals surface area (Å²) in [6, 6.07) is 14.0. The van der Waals surface area contributed by atoms with Crippen LogP contribution in [0.2, 0.25) is 5.02 Å². The summed E-state index contributed by atoms with van der Waals surface area (Å²) in [5.74, 6) is 0.271. The monoisotopic (exact) mass is 354 g/mol. The topological polar surface area (TPSA) is 33.2 Å². The fourth-order valence-corrected chi connectivity index (χ4v) is 4.45. The van der Waals surface area contributed by atoms with E-state index in [1.54, 1.807) is 28.6 Å². The molecule has 0 fully saturated rings. The van der Waals surface area contributed by atoms with Crippen molar-refractivity contribution in [3.05, 3.63) is 75.9 Å². The average Bonchev–Trinajstić information content (AvgIpc) is 3.05. The number of rotatable bonds is 2. The number of halogens is 1. The van der Waals surface area contributed by atoms with Crippen LogP contribution in [-0.2, 0) is 0 Å². The average molecular weight is 355 g/mol. The maximum absolute atomic E-state index is 12.6. The zero-order valence-electron chi connectivity index (χ0n) is 13.1. The van der Waals surface area contributed by atoms with E-state index in [1.165, 1.54) is 5.56 Å². The minimum absolute atomic E-state index is 0.0977. The summed E-state index contributed by atoms with van der Waals surface area (Å²) in [5.41, 5.74) is 3.38. The maximum Gasteiger partial charge on any atom is 0.264 e. The molecule has 0 spiro atoms. The highest BCUT2D eigenvalue weighted by Crippen LogP contribution is 2.41. The second kappa shape index (κ2) is 6.04. The van der Waals surface area contributed by atoms with E-state index in [0.717, 1.165) is 25.9 Å². The summed E-state index contributed by atoms with van der Waals surface area (Å²) in [7, 11) is 1.86. The third-order valence-corrected chi connectivity index (χ3v) is 5.81. The minimum Gasteiger partial charge on any atom is -0.340 e. The van der Waals surface area contributed by atoms with Crippen molar-refractivity contribution in [2.45, 2.75) is 5.92 Å². The van der Waals surface area contributed by atoms with Crippen molar-refractivity contribution in [2.24, 2.45) is 0 Å². The van der Waals surface area contributed by atoms with Crippen molar-refractivity contribution < 1.29 is 4.79 Å². The van der Waals surface area contributed by atoms with Gasteiger partial charge in [0.1, 0.15) is 0 Å². The summed E-state index contributed by atoms with van der Waals surface area (Å²) < 4.78 is 0. The summed E-state index contributed by atoms with van der Waals surface area (Å²) in [5, 5.41) is 0.724. The molecule has 3 nitrogen and oxygen atoms in total. The highest BCUT2D eigenvalue weighted by molar-refractivity contribution is 7.17. The number of likely N-dealkylation sites (N-methyl/N-ethyl adjacent to an activating group) is 1. The van der Waals surface area contributed by atoms with Crippen molar-refractivity contribution in [3.63, 3.8) is 0 Å². The molecule has 24 heavy (non-hydrogen) atoms. The quantitative estimate of drug-likeness (QED) is 0.669. The molecule has 0 N–H and O–H groups in total. The number of aromatic nitrogens is 1. The Morgan fingerprint density at radius 2 is 1.88 bits per heavy atom. The number of amides is 1. The van der Waals surface area contributed by atoms with Gasteiger partial charge in [0.15, 0.2) is 0 Å². The van der Waals surface area contributed by atoms with Gasteiger partial charge >= 0.3 is 0 Å². The number of hydrogen-bond acceptors (Lipinski definition) is 3. The first-order valence-corrected chi connectivity index (χ1v) is 8.88. The molecule has 5 heteroatoms. The van der Waals surface area contributed by atoms with E-state index in [2.05, 4.69) is 11.1 Å². The molecule has 2 aromatic heterocycles. The molecule has 1 unspecified atom stereocenters. The molecule has 1 aliphatic heterocycles. The van der Waals surface area contributed by atoms with Crippen molar-refractivity contribution in [2.75, 3.05) is 13.6 Å². The van der Waals surface area contributed by atoms with E-state index < -0.39 is 0 Å². The summed E-state index contributed by atoms with van der Waals surface area (Å²) in [6.07, 6.45) is 3.55. The van der Waals surface area contributed by atoms with Crippen molar-refractivity contribution in [3.8, 4) is 10.4 Å². The van der Waals surface area contributed by atoms with Crippen molar-refractivity contribution >= 4 is 28.8 Å². The first-order valence-electron chi connectivity index (χ1n) is 7.68. The van der Waals surface area contributed by atoms with Crippen LogP contribution in [0.3, 0.4) is 0 Å². The van der Waals surface area contributed by atoms with E-state index in [0.29, 0.717) is 6.54 Å². The van der Waals surface area contributed by atoms with Gasteiger partial charge in [0.25, 0.3) is 5.91 Å². The number of pyridine rings is 1. The number of hydrogen-bond donors (Lipinski definition) is 0. The van der Waals surface area contributed by atoms with Crippen LogP contribution in [0.25, 0.3) is 10.4 Å². The van der Waals surface area contributed by atoms with Crippen LogP contribution in [0.4, 0.5) is 0 Å². The van der Waals surface area contributed by atoms with Crippen LogP contribution in [0.15, 0.2) is 54.9 Å². The van der Waals surface area contributed by atoms with Gasteiger partial charge in [-0.05, 0) is 47.0 Å². The number of benzene rings is 1. The summed E-state index contributed by atoms with van der Waals surface area (Å²) >= 11 is 7.58. The molecule has 0 saturated heterocycles. The van der Waals surface area contributed by atoms with E-state index >= 15 is 0 Å². The second-order valence-corrected chi connectivity index (χ2v) is 7.41. The first kappa shape index (κ1) is 15.4. The fourth-order valence-electron chi connectivity index (χ4n) is 3.10. The lowest BCUT2D eigenvalue weighted by atomic mass is 9.88. The predicted octanol–water partition coefficient (Wildman–Crippen LogP) is 4.68. The molecule has 120 valence electrons. The lowest BCUT2D eigenvalue weighted by Gasteiger charge is -2.30. The SMILES string of the molecule is CN1CC(c2ccc(Cl)cc2)c2cc(-c3ccncc3)sc2C1=O. The van der Waals surface area contributed by atoms with Gasteiger partial charge in [0.2, 0.25) is 0 Å². The minimum atomic E-state index is 0.0977. The second-order valence-electron chi connectivity index (χ2n) is 5.92. The lowest BCUT2D eigenvalue weighted by molar-refractivity contribution is 0.0778. The molecule has 0 saturated carbocycles. The number of fused-ring (bicyclic) bond motifs is 1. The van der Waals surface area contributed by atoms with Gasteiger partial charge in [-0.15, -0.1) is 11.3 Å². The van der Waals surface area contributed by atoms with Gasteiger partial charge in [-0.2, -0.15) is 0 Å². The summed E-state index contributed by atoms with van der Waals surface area (Å²) in [4.78, 5) is 20.4. The van der Waals surface area contributed by atoms with E-state index in [9.17, 15) is 4.79 Å². The molecule has 3 aromatic rings. The first-order chi connectivity index (χ1) is 11.6. The van der Waals surface area contributed by atoms with Crippen LogP contribution < -0.4 is 0 Å². The van der Waals surface area contributed by atoms with Crippen LogP contribution in [-0.4, -0.2) is 29.4 Å². The smallest absolute Gasteiger partial charge is 0.264 e. The van der Waals surface area contributed by atoms with E-state index in [4.69, 9.17) is 11.6 Å². The van der Waals surface area contributed by atoms with Crippen LogP contribution in [0.1, 0.15) is 26.7 Å². The molecule has 0 aliphatic carbocycles. The standard InChI is InChI=1S/C19H15ClN2OS/c1-22-11-16(12-2-4-14(20)5-3-12)15-10-17(24-18(15)19(22)23)13-6-8-21-9-7-13/h2-10,16H,11H2,1H3. The largest absolute Gasteiger partial charge is 0.340 e. The Morgan fingerprint density at radius 3 is 2.58 bits per heavy atom. The molecule has 1 aliphatic rings. The normalized spacial score (nSPS) is 17.0. The molecule has 1 atom stereocenters. The number of nitrogens with zero attached hydrogens (tertiary/aromatic N) is 2. The molecule has 3 heterocycles. The highest BCUT2D eigenvalue weighted by atomic mass is 35.5. The molecule has 0 radical (unpaired) electrons. The van der Waals surface area contributed by atoms with Crippen molar-refractivity contribution in [1.82, 2.24) is 9.88 Å². The van der Waals surface area contributed by atoms with Crippen molar-refractivity contribution in [1.29, 1.82) is 0 Å². The predicted molar refractivity (Wildman–Crippen MR) is 97.8 cm³/mol. The molecule has 4 rings (SSSR count). The Bertz CT molecular complexity index is 889. The Kier molecular flexibility index (Phi) is 3.87. The van der Waals surface area contributed by atoms with Gasteiger partial charge in [-0.1, -0.05) is 23.7 Å². The van der Waals surface area contributed by atoms with Gasteiger partial charge in [-0.3, -0.25) is 9.78 Å². The van der Waals surface area contributed by atoms with Crippen LogP contribution in [0.5, 0.6) is 0 Å². The maximum atomic E-state index is 12.6. The van der Waals surface area contributed by atoms with Gasteiger partial charge in [0, 0.05) is 41.8 Å². The Morgan fingerprint density at radius 1 is 1.17 bits per heavy atom. The van der Waals surface area contributed by atoms with Crippen LogP contribution >= 0.6 is 22.9 Å². The lowest BCUT2D eigenvalue weighted by Crippen LogP contribution is -2.36. The zero-order valence-corrected chi connectivity index (χ0v) is 14.6.